The molecule has 0 aliphatic heterocycles. The Morgan fingerprint density at radius 2 is 1.67 bits per heavy atom. The summed E-state index contributed by atoms with van der Waals surface area (Å²) in [7, 11) is 1.55. The number of aromatic carboxylic acids is 1. The molecule has 3 aromatic rings. The summed E-state index contributed by atoms with van der Waals surface area (Å²) in [5.74, 6) is -1.56. The number of halogens is 2. The number of carbonyl (C=O) groups excluding carboxylic acids is 1. The summed E-state index contributed by atoms with van der Waals surface area (Å²) < 4.78 is 5.03. The normalized spacial score (nSPS) is 9.94. The van der Waals surface area contributed by atoms with E-state index in [0.717, 1.165) is 17.2 Å². The maximum Gasteiger partial charge on any atom is 1.00 e. The van der Waals surface area contributed by atoms with Crippen molar-refractivity contribution in [2.24, 2.45) is 0 Å². The standard InChI is InChI=1S/C14H11Cl2NO2.C10H10O3.Na/c1-8-6-7-10(15)13(12(8)16)17-11-5-3-2-4-9(11)14(18)19;1-13-9-5-3-2-4-8(9)6-7-10(11)12;/h2-7,17H,1H3,(H,18,19);2-7H,1H3,(H,11,12);/q;;+1/p-1. The molecule has 9 heteroatoms. The molecular weight excluding hydrogens is 476 g/mol. The molecule has 33 heavy (non-hydrogen) atoms. The van der Waals surface area contributed by atoms with Gasteiger partial charge >= 0.3 is 35.5 Å². The molecule has 0 aromatic heterocycles. The third-order valence-electron chi connectivity index (χ3n) is 4.24. The average Bonchev–Trinajstić information content (AvgIpc) is 2.78. The number of carboxylic acids is 2. The number of para-hydroxylation sites is 2. The molecule has 0 fully saturated rings. The molecule has 0 amide bonds. The van der Waals surface area contributed by atoms with Crippen LogP contribution in [0.15, 0.2) is 66.7 Å². The number of hydrogen-bond acceptors (Lipinski definition) is 5. The predicted octanol–water partition coefficient (Wildman–Crippen LogP) is 2.21. The molecule has 0 radical (unpaired) electrons. The fourth-order valence-electron chi connectivity index (χ4n) is 2.64. The Kier molecular flexibility index (Phi) is 12.1. The maximum absolute atomic E-state index is 11.0. The van der Waals surface area contributed by atoms with Gasteiger partial charge in [0.25, 0.3) is 0 Å². The monoisotopic (exact) mass is 495 g/mol. The maximum atomic E-state index is 11.0. The molecule has 0 bridgehead atoms. The third kappa shape index (κ3) is 8.42. The molecule has 3 aromatic carbocycles. The van der Waals surface area contributed by atoms with Crippen molar-refractivity contribution in [1.29, 1.82) is 0 Å². The molecule has 0 atom stereocenters. The van der Waals surface area contributed by atoms with E-state index in [9.17, 15) is 14.7 Å². The van der Waals surface area contributed by atoms with Crippen LogP contribution in [0.25, 0.3) is 6.08 Å². The van der Waals surface area contributed by atoms with Gasteiger partial charge in [0.05, 0.1) is 28.8 Å². The van der Waals surface area contributed by atoms with E-state index in [4.69, 9.17) is 33.0 Å². The molecule has 0 heterocycles. The van der Waals surface area contributed by atoms with Crippen molar-refractivity contribution in [1.82, 2.24) is 0 Å². The van der Waals surface area contributed by atoms with Crippen molar-refractivity contribution in [3.05, 3.63) is 93.5 Å². The fourth-order valence-corrected chi connectivity index (χ4v) is 3.11. The van der Waals surface area contributed by atoms with Crippen LogP contribution in [0.1, 0.15) is 21.5 Å². The fraction of sp³-hybridized carbons (Fsp3) is 0.0833. The first-order valence-corrected chi connectivity index (χ1v) is 10.1. The number of nitrogens with one attached hydrogen (secondary N) is 1. The van der Waals surface area contributed by atoms with Gasteiger partial charge in [0, 0.05) is 22.9 Å². The van der Waals surface area contributed by atoms with Crippen molar-refractivity contribution in [3.63, 3.8) is 0 Å². The minimum atomic E-state index is -1.26. The number of methoxy groups -OCH3 is 1. The summed E-state index contributed by atoms with van der Waals surface area (Å²) >= 11 is 12.2. The Morgan fingerprint density at radius 1 is 1.03 bits per heavy atom. The number of rotatable bonds is 6. The van der Waals surface area contributed by atoms with Gasteiger partial charge in [-0.25, -0.2) is 4.79 Å². The number of aliphatic carboxylic acids is 1. The number of anilines is 2. The Bertz CT molecular complexity index is 1150. The van der Waals surface area contributed by atoms with Gasteiger partial charge in [0.15, 0.2) is 0 Å². The first kappa shape index (κ1) is 28.6. The first-order chi connectivity index (χ1) is 15.2. The molecule has 0 spiro atoms. The van der Waals surface area contributed by atoms with Crippen molar-refractivity contribution < 1.29 is 54.1 Å². The molecule has 2 N–H and O–H groups in total. The summed E-state index contributed by atoms with van der Waals surface area (Å²) in [6.07, 6.45) is 2.58. The molecule has 0 aliphatic carbocycles. The second kappa shape index (κ2) is 13.9. The van der Waals surface area contributed by atoms with Crippen LogP contribution >= 0.6 is 23.2 Å². The van der Waals surface area contributed by atoms with Gasteiger partial charge in [0.1, 0.15) is 5.75 Å². The van der Waals surface area contributed by atoms with Gasteiger partial charge in [-0.15, -0.1) is 0 Å². The topological polar surface area (TPSA) is 98.7 Å². The smallest absolute Gasteiger partial charge is 0.545 e. The van der Waals surface area contributed by atoms with Crippen LogP contribution in [-0.4, -0.2) is 24.2 Å². The largest absolute Gasteiger partial charge is 1.00 e. The summed E-state index contributed by atoms with van der Waals surface area (Å²) in [5, 5.41) is 23.3. The Morgan fingerprint density at radius 3 is 2.30 bits per heavy atom. The molecule has 3 rings (SSSR count). The number of hydrogen-bond donors (Lipinski definition) is 2. The number of ether oxygens (including phenoxy) is 1. The van der Waals surface area contributed by atoms with Crippen LogP contribution in [-0.2, 0) is 4.79 Å². The second-order valence-electron chi connectivity index (χ2n) is 6.42. The van der Waals surface area contributed by atoms with Gasteiger partial charge < -0.3 is 25.1 Å². The zero-order valence-electron chi connectivity index (χ0n) is 18.3. The van der Waals surface area contributed by atoms with Crippen LogP contribution in [0.5, 0.6) is 5.75 Å². The van der Waals surface area contributed by atoms with Crippen molar-refractivity contribution in [3.8, 4) is 5.75 Å². The first-order valence-electron chi connectivity index (χ1n) is 9.30. The Balaban J connectivity index is 0.000000343. The van der Waals surface area contributed by atoms with Gasteiger partial charge in [-0.3, -0.25) is 0 Å². The van der Waals surface area contributed by atoms with E-state index < -0.39 is 11.9 Å². The van der Waals surface area contributed by atoms with Crippen LogP contribution in [0.2, 0.25) is 10.0 Å². The molecule has 0 aliphatic rings. The summed E-state index contributed by atoms with van der Waals surface area (Å²) in [5.41, 5.74) is 2.52. The molecular formula is C24H20Cl2NNaO5. The van der Waals surface area contributed by atoms with Crippen molar-refractivity contribution >= 4 is 52.6 Å². The second-order valence-corrected chi connectivity index (χ2v) is 7.21. The Hall–Kier alpha value is -2.48. The van der Waals surface area contributed by atoms with E-state index in [0.29, 0.717) is 27.2 Å². The van der Waals surface area contributed by atoms with Crippen LogP contribution in [0.3, 0.4) is 0 Å². The number of benzene rings is 3. The quantitative estimate of drug-likeness (QED) is 0.401. The zero-order chi connectivity index (χ0) is 23.7. The van der Waals surface area contributed by atoms with Crippen molar-refractivity contribution in [2.75, 3.05) is 12.4 Å². The van der Waals surface area contributed by atoms with Crippen LogP contribution in [0.4, 0.5) is 11.4 Å². The third-order valence-corrected chi connectivity index (χ3v) is 5.04. The van der Waals surface area contributed by atoms with Gasteiger partial charge in [-0.05, 0) is 36.8 Å². The summed E-state index contributed by atoms with van der Waals surface area (Å²) in [4.78, 5) is 21.3. The van der Waals surface area contributed by atoms with E-state index in [1.54, 1.807) is 49.6 Å². The molecule has 0 saturated heterocycles. The number of carbonyl (C=O) groups is 2. The Labute approximate surface area is 224 Å². The minimum absolute atomic E-state index is 0. The summed E-state index contributed by atoms with van der Waals surface area (Å²) in [6, 6.07) is 17.1. The molecule has 0 unspecified atom stereocenters. The predicted molar refractivity (Wildman–Crippen MR) is 125 cm³/mol. The van der Waals surface area contributed by atoms with Gasteiger partial charge in [0.2, 0.25) is 0 Å². The van der Waals surface area contributed by atoms with Gasteiger partial charge in [-0.2, -0.15) is 0 Å². The van der Waals surface area contributed by atoms with E-state index in [-0.39, 0.29) is 35.1 Å². The SMILES string of the molecule is COc1ccccc1C=CC(=O)O.Cc1ccc(Cl)c(Nc2ccccc2C(=O)[O-])c1Cl.[Na+]. The average molecular weight is 496 g/mol. The van der Waals surface area contributed by atoms with Crippen molar-refractivity contribution in [2.45, 2.75) is 6.92 Å². The van der Waals surface area contributed by atoms with Gasteiger partial charge in [-0.1, -0.05) is 65.7 Å². The molecule has 166 valence electrons. The number of carboxylic acid groups (broad SMARTS) is 2. The number of aryl methyl sites for hydroxylation is 1. The van der Waals surface area contributed by atoms with E-state index >= 15 is 0 Å². The van der Waals surface area contributed by atoms with Crippen LogP contribution < -0.4 is 44.7 Å². The van der Waals surface area contributed by atoms with E-state index in [1.165, 1.54) is 12.1 Å². The minimum Gasteiger partial charge on any atom is -0.545 e. The van der Waals surface area contributed by atoms with E-state index in [1.807, 2.05) is 19.1 Å². The summed E-state index contributed by atoms with van der Waals surface area (Å²) in [6.45, 7) is 1.84. The van der Waals surface area contributed by atoms with E-state index in [2.05, 4.69) is 5.32 Å². The van der Waals surface area contributed by atoms with Crippen LogP contribution in [0, 0.1) is 6.92 Å². The molecule has 6 nitrogen and oxygen atoms in total. The zero-order valence-corrected chi connectivity index (χ0v) is 21.8. The molecule has 0 saturated carbocycles.